The monoisotopic (exact) mass is 406 g/mol. The third-order valence-electron chi connectivity index (χ3n) is 4.86. The summed E-state index contributed by atoms with van der Waals surface area (Å²) in [5.74, 6) is 0.876. The summed E-state index contributed by atoms with van der Waals surface area (Å²) in [6, 6.07) is 3.51. The Kier molecular flexibility index (Phi) is 4.95. The number of aliphatic imine (C=N–C) groups is 1. The average Bonchev–Trinajstić information content (AvgIpc) is 3.11. The number of benzene rings is 1. The molecule has 154 valence electrons. The highest BCUT2D eigenvalue weighted by Gasteiger charge is 2.35. The van der Waals surface area contributed by atoms with E-state index >= 15 is 0 Å². The van der Waals surface area contributed by atoms with Crippen LogP contribution in [0.1, 0.15) is 31.4 Å². The van der Waals surface area contributed by atoms with Gasteiger partial charge in [0.2, 0.25) is 0 Å². The molecule has 0 fully saturated rings. The fraction of sp³-hybridized carbons (Fsp3) is 0.368. The Morgan fingerprint density at radius 1 is 1.31 bits per heavy atom. The highest BCUT2D eigenvalue weighted by atomic mass is 19.4. The van der Waals surface area contributed by atoms with E-state index in [-0.39, 0.29) is 11.9 Å². The summed E-state index contributed by atoms with van der Waals surface area (Å²) in [4.78, 5) is 4.03. The molecule has 4 rings (SSSR count). The average molecular weight is 406 g/mol. The van der Waals surface area contributed by atoms with E-state index in [0.717, 1.165) is 35.5 Å². The molecule has 10 heteroatoms. The van der Waals surface area contributed by atoms with Crippen molar-refractivity contribution in [2.45, 2.75) is 38.8 Å². The number of amidine groups is 1. The Bertz CT molecular complexity index is 921. The lowest BCUT2D eigenvalue weighted by Crippen LogP contribution is -2.56. The van der Waals surface area contributed by atoms with Crippen LogP contribution in [-0.2, 0) is 6.18 Å². The van der Waals surface area contributed by atoms with Crippen molar-refractivity contribution in [1.82, 2.24) is 21.2 Å². The number of nitrogens with one attached hydrogen (secondary N) is 3. The van der Waals surface area contributed by atoms with Crippen LogP contribution in [0.25, 0.3) is 5.57 Å². The molecule has 3 heterocycles. The maximum absolute atomic E-state index is 13.3. The van der Waals surface area contributed by atoms with Crippen LogP contribution < -0.4 is 20.9 Å². The molecule has 2 atom stereocenters. The van der Waals surface area contributed by atoms with E-state index < -0.39 is 18.0 Å². The van der Waals surface area contributed by atoms with Gasteiger partial charge in [0.25, 0.3) is 0 Å². The summed E-state index contributed by atoms with van der Waals surface area (Å²) < 4.78 is 45.9. The smallest absolute Gasteiger partial charge is 0.416 e. The van der Waals surface area contributed by atoms with Crippen molar-refractivity contribution >= 4 is 17.7 Å². The van der Waals surface area contributed by atoms with E-state index in [1.165, 1.54) is 12.4 Å². The van der Waals surface area contributed by atoms with Crippen molar-refractivity contribution in [2.75, 3.05) is 6.54 Å². The van der Waals surface area contributed by atoms with Crippen LogP contribution in [0, 0.1) is 0 Å². The Labute approximate surface area is 166 Å². The first-order chi connectivity index (χ1) is 13.9. The molecule has 29 heavy (non-hydrogen) atoms. The van der Waals surface area contributed by atoms with E-state index in [9.17, 15) is 13.2 Å². The van der Waals surface area contributed by atoms with Gasteiger partial charge in [-0.15, -0.1) is 0 Å². The van der Waals surface area contributed by atoms with Gasteiger partial charge >= 0.3 is 6.18 Å². The Balaban J connectivity index is 1.67. The van der Waals surface area contributed by atoms with E-state index in [1.54, 1.807) is 12.3 Å². The summed E-state index contributed by atoms with van der Waals surface area (Å²) in [5.41, 5.74) is 7.61. The third-order valence-corrected chi connectivity index (χ3v) is 4.86. The lowest BCUT2D eigenvalue weighted by Gasteiger charge is -2.34. The number of hydrogen-bond acceptors (Lipinski definition) is 7. The predicted molar refractivity (Wildman–Crippen MR) is 104 cm³/mol. The zero-order chi connectivity index (χ0) is 20.6. The highest BCUT2D eigenvalue weighted by molar-refractivity contribution is 5.99. The van der Waals surface area contributed by atoms with Crippen LogP contribution in [0.15, 0.2) is 46.1 Å². The van der Waals surface area contributed by atoms with Crippen LogP contribution in [0.5, 0.6) is 5.75 Å². The molecule has 0 aromatic heterocycles. The van der Waals surface area contributed by atoms with Crippen molar-refractivity contribution in [2.24, 2.45) is 10.1 Å². The zero-order valence-electron chi connectivity index (χ0n) is 15.9. The number of nitrogens with zero attached hydrogens (tertiary/aromatic N) is 3. The third kappa shape index (κ3) is 3.80. The van der Waals surface area contributed by atoms with Gasteiger partial charge in [-0.25, -0.2) is 4.99 Å². The SMILES string of the molecule is CCC1NN=C2C(C)=CC(Oc3cc(C(F)(F)F)ccc3C3=CN=CNC3)NN21. The number of hydrogen-bond donors (Lipinski definition) is 3. The highest BCUT2D eigenvalue weighted by Crippen LogP contribution is 2.36. The molecule has 0 amide bonds. The molecule has 3 aliphatic rings. The minimum atomic E-state index is -4.47. The normalized spacial score (nSPS) is 23.5. The van der Waals surface area contributed by atoms with Crippen LogP contribution >= 0.6 is 0 Å². The lowest BCUT2D eigenvalue weighted by atomic mass is 10.0. The second-order valence-electron chi connectivity index (χ2n) is 6.90. The Morgan fingerprint density at radius 2 is 2.14 bits per heavy atom. The number of alkyl halides is 3. The molecule has 1 aromatic rings. The zero-order valence-corrected chi connectivity index (χ0v) is 15.9. The van der Waals surface area contributed by atoms with Gasteiger partial charge in [0.15, 0.2) is 12.1 Å². The number of halogens is 3. The van der Waals surface area contributed by atoms with E-state index in [0.29, 0.717) is 12.1 Å². The van der Waals surface area contributed by atoms with Crippen LogP contribution in [-0.4, -0.2) is 36.1 Å². The summed E-state index contributed by atoms with van der Waals surface area (Å²) in [7, 11) is 0. The minimum Gasteiger partial charge on any atom is -0.469 e. The molecular weight excluding hydrogens is 385 g/mol. The number of hydrazone groups is 1. The molecule has 3 aliphatic heterocycles. The van der Waals surface area contributed by atoms with Crippen molar-refractivity contribution in [3.05, 3.63) is 47.2 Å². The molecular formula is C19H21F3N6O. The van der Waals surface area contributed by atoms with Crippen molar-refractivity contribution in [3.8, 4) is 5.75 Å². The molecule has 3 N–H and O–H groups in total. The molecule has 7 nitrogen and oxygen atoms in total. The van der Waals surface area contributed by atoms with Crippen LogP contribution in [0.4, 0.5) is 13.2 Å². The first-order valence-electron chi connectivity index (χ1n) is 9.26. The van der Waals surface area contributed by atoms with Crippen molar-refractivity contribution < 1.29 is 17.9 Å². The first kappa shape index (κ1) is 19.3. The molecule has 0 saturated heterocycles. The van der Waals surface area contributed by atoms with Gasteiger partial charge in [-0.05, 0) is 37.1 Å². The number of ether oxygens (including phenoxy) is 1. The van der Waals surface area contributed by atoms with Gasteiger partial charge in [-0.2, -0.15) is 23.7 Å². The largest absolute Gasteiger partial charge is 0.469 e. The van der Waals surface area contributed by atoms with Gasteiger partial charge in [-0.1, -0.05) is 13.0 Å². The molecule has 0 aliphatic carbocycles. The second-order valence-corrected chi connectivity index (χ2v) is 6.90. The number of fused-ring (bicyclic) bond motifs is 1. The van der Waals surface area contributed by atoms with Crippen molar-refractivity contribution in [3.63, 3.8) is 0 Å². The summed E-state index contributed by atoms with van der Waals surface area (Å²) in [5, 5.41) is 9.10. The fourth-order valence-electron chi connectivity index (χ4n) is 3.38. The van der Waals surface area contributed by atoms with E-state index in [2.05, 4.69) is 26.3 Å². The van der Waals surface area contributed by atoms with E-state index in [1.807, 2.05) is 18.9 Å². The van der Waals surface area contributed by atoms with Gasteiger partial charge < -0.3 is 10.1 Å². The van der Waals surface area contributed by atoms with Gasteiger partial charge in [0.05, 0.1) is 11.9 Å². The second kappa shape index (κ2) is 7.43. The van der Waals surface area contributed by atoms with Gasteiger partial charge in [-0.3, -0.25) is 10.4 Å². The summed E-state index contributed by atoms with van der Waals surface area (Å²) in [6.07, 6.45) is 0.562. The summed E-state index contributed by atoms with van der Waals surface area (Å²) >= 11 is 0. The Hall–Kier alpha value is -3.01. The van der Waals surface area contributed by atoms with Crippen LogP contribution in [0.2, 0.25) is 0 Å². The number of hydrazine groups is 1. The molecule has 1 aromatic carbocycles. The standard InChI is InChI=1S/C19H21F3N6O/c1-3-16-25-26-18-11(2)6-17(27-28(16)18)29-15-7-13(19(20,21)22)4-5-14(15)12-8-23-10-24-9-12/h4-8,10,16-17,25,27H,3,9H2,1-2H3,(H,23,24). The number of rotatable bonds is 4. The molecule has 0 bridgehead atoms. The fourth-order valence-corrected chi connectivity index (χ4v) is 3.38. The topological polar surface area (TPSA) is 73.3 Å². The maximum Gasteiger partial charge on any atom is 0.416 e. The molecule has 0 saturated carbocycles. The summed E-state index contributed by atoms with van der Waals surface area (Å²) in [6.45, 7) is 4.34. The Morgan fingerprint density at radius 3 is 2.83 bits per heavy atom. The maximum atomic E-state index is 13.3. The first-order valence-corrected chi connectivity index (χ1v) is 9.26. The lowest BCUT2D eigenvalue weighted by molar-refractivity contribution is -0.137. The van der Waals surface area contributed by atoms with E-state index in [4.69, 9.17) is 4.74 Å². The predicted octanol–water partition coefficient (Wildman–Crippen LogP) is 2.80. The molecule has 2 unspecified atom stereocenters. The minimum absolute atomic E-state index is 0.0553. The van der Waals surface area contributed by atoms with Crippen molar-refractivity contribution in [1.29, 1.82) is 0 Å². The molecule has 0 spiro atoms. The van der Waals surface area contributed by atoms with Gasteiger partial charge in [0.1, 0.15) is 11.9 Å². The quantitative estimate of drug-likeness (QED) is 0.717. The van der Waals surface area contributed by atoms with Gasteiger partial charge in [0, 0.05) is 23.9 Å². The van der Waals surface area contributed by atoms with Crippen LogP contribution in [0.3, 0.4) is 0 Å². The molecule has 0 radical (unpaired) electrons.